The van der Waals surface area contributed by atoms with Gasteiger partial charge in [-0.15, -0.1) is 0 Å². The fraction of sp³-hybridized carbons (Fsp3) is 0.222. The number of carbonyl (C=O) groups excluding carboxylic acids is 1. The second-order valence-corrected chi connectivity index (χ2v) is 4.54. The molecule has 0 heterocycles. The minimum Gasteiger partial charge on any atom is -0.496 e. The average molecular weight is 229 g/mol. The second kappa shape index (κ2) is 4.00. The molecule has 6 heteroatoms. The first-order valence-corrected chi connectivity index (χ1v) is 5.61. The summed E-state index contributed by atoms with van der Waals surface area (Å²) in [5.41, 5.74) is 0.604. The highest BCUT2D eigenvalue weighted by Gasteiger charge is 2.16. The Morgan fingerprint density at radius 2 is 2.00 bits per heavy atom. The van der Waals surface area contributed by atoms with E-state index in [1.54, 1.807) is 6.92 Å². The van der Waals surface area contributed by atoms with Crippen LogP contribution < -0.4 is 9.88 Å². The van der Waals surface area contributed by atoms with Crippen LogP contribution in [-0.2, 0) is 10.0 Å². The minimum absolute atomic E-state index is 0.0936. The summed E-state index contributed by atoms with van der Waals surface area (Å²) >= 11 is 0. The van der Waals surface area contributed by atoms with Crippen LogP contribution in [0.3, 0.4) is 0 Å². The van der Waals surface area contributed by atoms with Gasteiger partial charge in [0.15, 0.2) is 0 Å². The number of nitrogens with two attached hydrogens (primary N) is 1. The maximum atomic E-state index is 11.2. The summed E-state index contributed by atoms with van der Waals surface area (Å²) in [5, 5.41) is 5.01. The largest absolute Gasteiger partial charge is 0.496 e. The predicted octanol–water partition coefficient (Wildman–Crippen LogP) is 0.464. The molecule has 0 amide bonds. The number of primary sulfonamides is 1. The van der Waals surface area contributed by atoms with E-state index >= 15 is 0 Å². The SMILES string of the molecule is COc1cc(C=O)cc(S(N)(=O)=O)c1C. The molecule has 0 aromatic heterocycles. The summed E-state index contributed by atoms with van der Waals surface area (Å²) in [7, 11) is -2.44. The molecular formula is C9H11NO4S. The summed E-state index contributed by atoms with van der Waals surface area (Å²) in [6.07, 6.45) is 0.538. The number of hydrogen-bond acceptors (Lipinski definition) is 4. The maximum Gasteiger partial charge on any atom is 0.238 e. The van der Waals surface area contributed by atoms with Crippen molar-refractivity contribution in [2.24, 2.45) is 5.14 Å². The maximum absolute atomic E-state index is 11.2. The molecule has 15 heavy (non-hydrogen) atoms. The molecule has 0 saturated heterocycles. The Morgan fingerprint density at radius 1 is 1.40 bits per heavy atom. The first-order valence-electron chi connectivity index (χ1n) is 4.06. The van der Waals surface area contributed by atoms with E-state index in [1.165, 1.54) is 19.2 Å². The first-order chi connectivity index (χ1) is 6.90. The number of methoxy groups -OCH3 is 1. The van der Waals surface area contributed by atoms with Crippen molar-refractivity contribution < 1.29 is 17.9 Å². The van der Waals surface area contributed by atoms with E-state index in [-0.39, 0.29) is 10.5 Å². The van der Waals surface area contributed by atoms with Crippen molar-refractivity contribution in [2.75, 3.05) is 7.11 Å². The van der Waals surface area contributed by atoms with Crippen LogP contribution >= 0.6 is 0 Å². The number of aldehydes is 1. The quantitative estimate of drug-likeness (QED) is 0.763. The van der Waals surface area contributed by atoms with Gasteiger partial charge in [0.2, 0.25) is 10.0 Å². The third kappa shape index (κ3) is 2.34. The molecule has 0 saturated carbocycles. The number of carbonyl (C=O) groups is 1. The van der Waals surface area contributed by atoms with Gasteiger partial charge in [0.25, 0.3) is 0 Å². The lowest BCUT2D eigenvalue weighted by atomic mass is 10.1. The average Bonchev–Trinajstić information content (AvgIpc) is 2.16. The number of hydrogen-bond donors (Lipinski definition) is 1. The third-order valence-electron chi connectivity index (χ3n) is 2.00. The zero-order valence-electron chi connectivity index (χ0n) is 8.35. The van der Waals surface area contributed by atoms with Gasteiger partial charge in [-0.2, -0.15) is 0 Å². The van der Waals surface area contributed by atoms with E-state index in [1.807, 2.05) is 0 Å². The molecule has 0 fully saturated rings. The summed E-state index contributed by atoms with van der Waals surface area (Å²) in [6, 6.07) is 2.68. The van der Waals surface area contributed by atoms with Gasteiger partial charge in [0, 0.05) is 11.1 Å². The monoisotopic (exact) mass is 229 g/mol. The Labute approximate surface area is 87.9 Å². The molecule has 0 radical (unpaired) electrons. The fourth-order valence-electron chi connectivity index (χ4n) is 1.26. The molecular weight excluding hydrogens is 218 g/mol. The van der Waals surface area contributed by atoms with Crippen molar-refractivity contribution in [1.82, 2.24) is 0 Å². The summed E-state index contributed by atoms with van der Waals surface area (Å²) in [4.78, 5) is 10.5. The second-order valence-electron chi connectivity index (χ2n) is 3.01. The molecule has 2 N–H and O–H groups in total. The lowest BCUT2D eigenvalue weighted by Gasteiger charge is -2.09. The Hall–Kier alpha value is -1.40. The minimum atomic E-state index is -3.84. The highest BCUT2D eigenvalue weighted by molar-refractivity contribution is 7.89. The fourth-order valence-corrected chi connectivity index (χ4v) is 2.09. The van der Waals surface area contributed by atoms with Crippen molar-refractivity contribution in [3.8, 4) is 5.75 Å². The van der Waals surface area contributed by atoms with Crippen LogP contribution in [0.15, 0.2) is 17.0 Å². The van der Waals surface area contributed by atoms with Crippen LogP contribution in [0.5, 0.6) is 5.75 Å². The van der Waals surface area contributed by atoms with Gasteiger partial charge < -0.3 is 4.74 Å². The van der Waals surface area contributed by atoms with Gasteiger partial charge in [0.1, 0.15) is 12.0 Å². The van der Waals surface area contributed by atoms with Crippen molar-refractivity contribution >= 4 is 16.3 Å². The molecule has 0 unspecified atom stereocenters. The summed E-state index contributed by atoms with van der Waals surface area (Å²) in [5.74, 6) is 0.323. The van der Waals surface area contributed by atoms with E-state index in [0.29, 0.717) is 17.6 Å². The van der Waals surface area contributed by atoms with E-state index in [9.17, 15) is 13.2 Å². The van der Waals surface area contributed by atoms with E-state index in [0.717, 1.165) is 0 Å². The van der Waals surface area contributed by atoms with Gasteiger partial charge in [0.05, 0.1) is 12.0 Å². The van der Waals surface area contributed by atoms with Crippen molar-refractivity contribution in [1.29, 1.82) is 0 Å². The van der Waals surface area contributed by atoms with E-state index in [2.05, 4.69) is 0 Å². The van der Waals surface area contributed by atoms with Crippen LogP contribution in [0, 0.1) is 6.92 Å². The van der Waals surface area contributed by atoms with Crippen LogP contribution in [0.2, 0.25) is 0 Å². The lowest BCUT2D eigenvalue weighted by molar-refractivity contribution is 0.112. The number of benzene rings is 1. The van der Waals surface area contributed by atoms with Gasteiger partial charge in [-0.25, -0.2) is 13.6 Å². The highest BCUT2D eigenvalue weighted by Crippen LogP contribution is 2.25. The van der Waals surface area contributed by atoms with Crippen molar-refractivity contribution in [3.63, 3.8) is 0 Å². The molecule has 0 spiro atoms. The van der Waals surface area contributed by atoms with Crippen molar-refractivity contribution in [2.45, 2.75) is 11.8 Å². The third-order valence-corrected chi connectivity index (χ3v) is 3.03. The molecule has 1 rings (SSSR count). The Kier molecular flexibility index (Phi) is 3.11. The van der Waals surface area contributed by atoms with Crippen LogP contribution in [0.25, 0.3) is 0 Å². The number of sulfonamides is 1. The molecule has 0 aliphatic heterocycles. The highest BCUT2D eigenvalue weighted by atomic mass is 32.2. The van der Waals surface area contributed by atoms with Crippen LogP contribution in [0.4, 0.5) is 0 Å². The predicted molar refractivity (Wildman–Crippen MR) is 54.5 cm³/mol. The molecule has 5 nitrogen and oxygen atoms in total. The zero-order chi connectivity index (χ0) is 11.6. The van der Waals surface area contributed by atoms with Crippen LogP contribution in [0.1, 0.15) is 15.9 Å². The topological polar surface area (TPSA) is 86.5 Å². The zero-order valence-corrected chi connectivity index (χ0v) is 9.17. The molecule has 0 atom stereocenters. The Balaban J connectivity index is 3.58. The van der Waals surface area contributed by atoms with Gasteiger partial charge in [-0.1, -0.05) is 0 Å². The molecule has 0 aliphatic carbocycles. The number of ether oxygens (including phenoxy) is 1. The normalized spacial score (nSPS) is 11.1. The summed E-state index contributed by atoms with van der Waals surface area (Å²) < 4.78 is 27.3. The molecule has 0 aliphatic rings. The summed E-state index contributed by atoms with van der Waals surface area (Å²) in [6.45, 7) is 1.56. The van der Waals surface area contributed by atoms with Gasteiger partial charge >= 0.3 is 0 Å². The molecule has 0 bridgehead atoms. The van der Waals surface area contributed by atoms with Crippen LogP contribution in [-0.4, -0.2) is 21.8 Å². The van der Waals surface area contributed by atoms with Gasteiger partial charge in [-0.3, -0.25) is 4.79 Å². The van der Waals surface area contributed by atoms with E-state index in [4.69, 9.17) is 9.88 Å². The smallest absolute Gasteiger partial charge is 0.238 e. The molecule has 1 aromatic rings. The van der Waals surface area contributed by atoms with Gasteiger partial charge in [-0.05, 0) is 19.1 Å². The Morgan fingerprint density at radius 3 is 2.40 bits per heavy atom. The number of rotatable bonds is 3. The standard InChI is InChI=1S/C9H11NO4S/c1-6-8(14-2)3-7(5-11)4-9(6)15(10,12)13/h3-5H,1-2H3,(H2,10,12,13). The first kappa shape index (κ1) is 11.7. The van der Waals surface area contributed by atoms with E-state index < -0.39 is 10.0 Å². The Bertz CT molecular complexity index is 493. The molecule has 82 valence electrons. The lowest BCUT2D eigenvalue weighted by Crippen LogP contribution is -2.14. The molecule has 1 aromatic carbocycles. The van der Waals surface area contributed by atoms with Crippen molar-refractivity contribution in [3.05, 3.63) is 23.3 Å².